The summed E-state index contributed by atoms with van der Waals surface area (Å²) in [5.74, 6) is 0.271. The van der Waals surface area contributed by atoms with Crippen LogP contribution in [0.4, 0.5) is 4.39 Å². The van der Waals surface area contributed by atoms with E-state index in [1.807, 2.05) is 13.1 Å². The maximum absolute atomic E-state index is 14.2. The molecular formula is C17H15FN2O2. The zero-order valence-electron chi connectivity index (χ0n) is 12.1. The molecule has 0 saturated heterocycles. The van der Waals surface area contributed by atoms with Crippen LogP contribution in [0.25, 0.3) is 11.0 Å². The number of ether oxygens (including phenoxy) is 1. The number of aromatic amines is 1. The Morgan fingerprint density at radius 2 is 2.18 bits per heavy atom. The largest absolute Gasteiger partial charge is 0.453 e. The Morgan fingerprint density at radius 1 is 1.32 bits per heavy atom. The molecule has 0 spiro atoms. The van der Waals surface area contributed by atoms with E-state index in [9.17, 15) is 9.18 Å². The first-order valence-corrected chi connectivity index (χ1v) is 7.01. The van der Waals surface area contributed by atoms with Crippen LogP contribution in [0.15, 0.2) is 36.7 Å². The van der Waals surface area contributed by atoms with Crippen molar-refractivity contribution in [3.63, 3.8) is 0 Å². The number of carbonyl (C=O) groups excluding carboxylic acids is 1. The summed E-state index contributed by atoms with van der Waals surface area (Å²) in [6.45, 7) is 1.94. The van der Waals surface area contributed by atoms with Gasteiger partial charge in [0, 0.05) is 18.8 Å². The molecular weight excluding hydrogens is 283 g/mol. The summed E-state index contributed by atoms with van der Waals surface area (Å²) in [4.78, 5) is 17.6. The van der Waals surface area contributed by atoms with Crippen LogP contribution in [0, 0.1) is 12.7 Å². The molecule has 22 heavy (non-hydrogen) atoms. The van der Waals surface area contributed by atoms with E-state index in [1.165, 1.54) is 6.07 Å². The highest BCUT2D eigenvalue weighted by atomic mass is 19.1. The Hall–Kier alpha value is -2.69. The van der Waals surface area contributed by atoms with E-state index in [0.717, 1.165) is 22.8 Å². The summed E-state index contributed by atoms with van der Waals surface area (Å²) in [5, 5.41) is 0.840. The molecule has 3 aromatic rings. The number of benzene rings is 1. The summed E-state index contributed by atoms with van der Waals surface area (Å²) in [6, 6.07) is 6.47. The predicted molar refractivity (Wildman–Crippen MR) is 81.7 cm³/mol. The van der Waals surface area contributed by atoms with Crippen molar-refractivity contribution in [3.05, 3.63) is 53.6 Å². The zero-order valence-corrected chi connectivity index (χ0v) is 12.1. The number of rotatable bonds is 5. The molecule has 0 aliphatic heterocycles. The first-order valence-electron chi connectivity index (χ1n) is 7.01. The van der Waals surface area contributed by atoms with Crippen molar-refractivity contribution in [3.8, 4) is 11.5 Å². The number of halogens is 1. The Labute approximate surface area is 126 Å². The summed E-state index contributed by atoms with van der Waals surface area (Å²) in [7, 11) is 0. The Bertz CT molecular complexity index is 827. The molecule has 0 aliphatic carbocycles. The number of carbonyl (C=O) groups is 1. The molecule has 0 amide bonds. The highest BCUT2D eigenvalue weighted by molar-refractivity contribution is 5.86. The highest BCUT2D eigenvalue weighted by Gasteiger charge is 2.11. The normalized spacial score (nSPS) is 10.8. The van der Waals surface area contributed by atoms with Crippen LogP contribution in [0.3, 0.4) is 0 Å². The molecule has 0 radical (unpaired) electrons. The number of nitrogens with zero attached hydrogens (tertiary/aromatic N) is 1. The minimum absolute atomic E-state index is 0.156. The predicted octanol–water partition coefficient (Wildman–Crippen LogP) is 3.93. The number of nitrogens with one attached hydrogen (secondary N) is 1. The summed E-state index contributed by atoms with van der Waals surface area (Å²) in [6.07, 6.45) is 5.18. The number of hydrogen-bond acceptors (Lipinski definition) is 3. The van der Waals surface area contributed by atoms with E-state index in [-0.39, 0.29) is 5.75 Å². The van der Waals surface area contributed by atoms with Gasteiger partial charge in [-0.2, -0.15) is 0 Å². The molecule has 0 aliphatic rings. The molecule has 0 saturated carbocycles. The fourth-order valence-electron chi connectivity index (χ4n) is 2.40. The molecule has 3 rings (SSSR count). The second kappa shape index (κ2) is 5.97. The monoisotopic (exact) mass is 298 g/mol. The van der Waals surface area contributed by atoms with Crippen LogP contribution in [0.5, 0.6) is 11.5 Å². The Morgan fingerprint density at radius 3 is 2.95 bits per heavy atom. The molecule has 1 aromatic carbocycles. The van der Waals surface area contributed by atoms with Crippen LogP contribution in [0.2, 0.25) is 0 Å². The summed E-state index contributed by atoms with van der Waals surface area (Å²) < 4.78 is 19.9. The fourth-order valence-corrected chi connectivity index (χ4v) is 2.40. The molecule has 0 bridgehead atoms. The topological polar surface area (TPSA) is 55.0 Å². The lowest BCUT2D eigenvalue weighted by Gasteiger charge is -2.09. The average Bonchev–Trinajstić information content (AvgIpc) is 2.90. The van der Waals surface area contributed by atoms with Gasteiger partial charge in [-0.05, 0) is 42.7 Å². The van der Waals surface area contributed by atoms with Gasteiger partial charge < -0.3 is 14.5 Å². The molecule has 0 fully saturated rings. The number of fused-ring (bicyclic) bond motifs is 1. The molecule has 0 unspecified atom stereocenters. The van der Waals surface area contributed by atoms with Crippen LogP contribution in [-0.2, 0) is 11.2 Å². The molecule has 2 aromatic heterocycles. The first kappa shape index (κ1) is 14.3. The third kappa shape index (κ3) is 2.70. The molecule has 4 nitrogen and oxygen atoms in total. The Balaban J connectivity index is 1.92. The van der Waals surface area contributed by atoms with Crippen molar-refractivity contribution < 1.29 is 13.9 Å². The standard InChI is InChI=1S/C17H15FN2O2/c1-11-10-20-17-16(11)15(6-7-19-17)22-14-5-4-12(3-2-8-21)9-13(14)18/h4-10H,2-3H2,1H3,(H,19,20). The van der Waals surface area contributed by atoms with Crippen molar-refractivity contribution in [2.75, 3.05) is 0 Å². The van der Waals surface area contributed by atoms with Gasteiger partial charge in [0.2, 0.25) is 0 Å². The minimum atomic E-state index is -0.443. The SMILES string of the molecule is Cc1c[nH]c2nccc(Oc3ccc(CCC=O)cc3F)c12. The summed E-state index contributed by atoms with van der Waals surface area (Å²) >= 11 is 0. The average molecular weight is 298 g/mol. The molecule has 112 valence electrons. The summed E-state index contributed by atoms with van der Waals surface area (Å²) in [5.41, 5.74) is 2.47. The van der Waals surface area contributed by atoms with E-state index in [0.29, 0.717) is 24.2 Å². The van der Waals surface area contributed by atoms with E-state index >= 15 is 0 Å². The first-order chi connectivity index (χ1) is 10.7. The number of aryl methyl sites for hydroxylation is 2. The van der Waals surface area contributed by atoms with Gasteiger partial charge in [-0.1, -0.05) is 6.07 Å². The van der Waals surface area contributed by atoms with Gasteiger partial charge in [-0.25, -0.2) is 9.37 Å². The van der Waals surface area contributed by atoms with Crippen molar-refractivity contribution in [2.24, 2.45) is 0 Å². The Kier molecular flexibility index (Phi) is 3.87. The van der Waals surface area contributed by atoms with E-state index in [1.54, 1.807) is 24.4 Å². The van der Waals surface area contributed by atoms with Gasteiger partial charge in [0.15, 0.2) is 11.6 Å². The van der Waals surface area contributed by atoms with Crippen molar-refractivity contribution in [1.82, 2.24) is 9.97 Å². The third-order valence-corrected chi connectivity index (χ3v) is 3.50. The zero-order chi connectivity index (χ0) is 15.5. The van der Waals surface area contributed by atoms with E-state index in [4.69, 9.17) is 4.74 Å². The van der Waals surface area contributed by atoms with Crippen molar-refractivity contribution in [1.29, 1.82) is 0 Å². The number of H-pyrrole nitrogens is 1. The lowest BCUT2D eigenvalue weighted by Crippen LogP contribution is -1.93. The molecule has 2 heterocycles. The molecule has 1 N–H and O–H groups in total. The van der Waals surface area contributed by atoms with Crippen LogP contribution in [0.1, 0.15) is 17.5 Å². The number of aldehydes is 1. The second-order valence-corrected chi connectivity index (χ2v) is 5.08. The lowest BCUT2D eigenvalue weighted by molar-refractivity contribution is -0.107. The quantitative estimate of drug-likeness (QED) is 0.726. The van der Waals surface area contributed by atoms with Gasteiger partial charge in [0.05, 0.1) is 5.39 Å². The highest BCUT2D eigenvalue weighted by Crippen LogP contribution is 2.32. The third-order valence-electron chi connectivity index (χ3n) is 3.50. The van der Waals surface area contributed by atoms with Crippen LogP contribution < -0.4 is 4.74 Å². The maximum atomic E-state index is 14.2. The number of aromatic nitrogens is 2. The van der Waals surface area contributed by atoms with Gasteiger partial charge in [0.25, 0.3) is 0 Å². The molecule has 0 atom stereocenters. The number of pyridine rings is 1. The van der Waals surface area contributed by atoms with Crippen molar-refractivity contribution in [2.45, 2.75) is 19.8 Å². The van der Waals surface area contributed by atoms with Gasteiger partial charge in [-0.15, -0.1) is 0 Å². The maximum Gasteiger partial charge on any atom is 0.165 e. The van der Waals surface area contributed by atoms with E-state index in [2.05, 4.69) is 9.97 Å². The second-order valence-electron chi connectivity index (χ2n) is 5.08. The van der Waals surface area contributed by atoms with Crippen LogP contribution >= 0.6 is 0 Å². The van der Waals surface area contributed by atoms with Gasteiger partial charge >= 0.3 is 0 Å². The van der Waals surface area contributed by atoms with Gasteiger partial charge in [-0.3, -0.25) is 0 Å². The lowest BCUT2D eigenvalue weighted by atomic mass is 10.1. The number of hydrogen-bond donors (Lipinski definition) is 1. The minimum Gasteiger partial charge on any atom is -0.453 e. The molecule has 5 heteroatoms. The van der Waals surface area contributed by atoms with Gasteiger partial charge in [0.1, 0.15) is 17.7 Å². The van der Waals surface area contributed by atoms with Crippen molar-refractivity contribution >= 4 is 17.3 Å². The van der Waals surface area contributed by atoms with E-state index < -0.39 is 5.82 Å². The smallest absolute Gasteiger partial charge is 0.165 e. The fraction of sp³-hybridized carbons (Fsp3) is 0.176. The van der Waals surface area contributed by atoms with Crippen LogP contribution in [-0.4, -0.2) is 16.3 Å².